The maximum absolute atomic E-state index is 13.3. The van der Waals surface area contributed by atoms with Crippen molar-refractivity contribution in [3.63, 3.8) is 0 Å². The van der Waals surface area contributed by atoms with Gasteiger partial charge in [0.15, 0.2) is 0 Å². The Morgan fingerprint density at radius 3 is 1.11 bits per heavy atom. The van der Waals surface area contributed by atoms with Crippen LogP contribution >= 0.6 is 0 Å². The van der Waals surface area contributed by atoms with Gasteiger partial charge in [0.05, 0.1) is 55.2 Å². The molecule has 4 aromatic rings. The summed E-state index contributed by atoms with van der Waals surface area (Å²) in [7, 11) is 5.82. The molecule has 0 aromatic carbocycles. The van der Waals surface area contributed by atoms with Gasteiger partial charge in [0.25, 0.3) is 45.9 Å². The molecule has 84 heavy (non-hydrogen) atoms. The summed E-state index contributed by atoms with van der Waals surface area (Å²) in [4.78, 5) is 120. The highest BCUT2D eigenvalue weighted by Crippen LogP contribution is 2.12. The number of unbranched alkanes of at least 4 members (excludes halogenated alkanes) is 1. The van der Waals surface area contributed by atoms with Gasteiger partial charge in [-0.3, -0.25) is 53.0 Å². The minimum absolute atomic E-state index is 0. The highest BCUT2D eigenvalue weighted by Gasteiger charge is 2.23. The maximum atomic E-state index is 13.3. The number of nitrogens with one attached hydrogen (secondary N) is 6. The fraction of sp³-hybridized carbons (Fsp3) is 0.545. The molecule has 29 nitrogen and oxygen atoms in total. The van der Waals surface area contributed by atoms with E-state index < -0.39 is 51.9 Å². The van der Waals surface area contributed by atoms with Crippen LogP contribution in [-0.2, 0) is 49.9 Å². The third kappa shape index (κ3) is 22.4. The number of aromatic nitrogens is 4. The molecule has 4 rings (SSSR count). The SMILES string of the molecule is C.C.C.COCCNC(=O)c1ccc(CNCCCN(CCCCN(CCC(NCc2ccc(C(=O)NCCOC)c(=O)n2O)C(C)=O)Cc2ccc(C(=O)NCCOC)c(=O)n2O)Cc2ccc(C(=O)NCCOC)c(=O)n2O)n(O)c1=O. The van der Waals surface area contributed by atoms with Gasteiger partial charge in [0.1, 0.15) is 28.0 Å². The minimum Gasteiger partial charge on any atom is -0.425 e. The number of Topliss-reactive ketones (excluding diaryl/α,β-unsaturated/α-hetero) is 1. The summed E-state index contributed by atoms with van der Waals surface area (Å²) >= 11 is 0. The van der Waals surface area contributed by atoms with Crippen LogP contribution < -0.4 is 54.1 Å². The molecule has 0 saturated carbocycles. The molecule has 4 amide bonds. The number of pyridine rings is 4. The van der Waals surface area contributed by atoms with E-state index in [1.807, 2.05) is 9.80 Å². The van der Waals surface area contributed by atoms with Gasteiger partial charge >= 0.3 is 0 Å². The molecule has 0 bridgehead atoms. The molecule has 0 aliphatic heterocycles. The van der Waals surface area contributed by atoms with E-state index in [-0.39, 0.29) is 165 Å². The summed E-state index contributed by atoms with van der Waals surface area (Å²) in [5.41, 5.74) is -4.37. The molecule has 0 fully saturated rings. The van der Waals surface area contributed by atoms with Crippen molar-refractivity contribution < 1.29 is 63.7 Å². The molecule has 4 heterocycles. The van der Waals surface area contributed by atoms with Crippen LogP contribution in [0.5, 0.6) is 0 Å². The summed E-state index contributed by atoms with van der Waals surface area (Å²) in [6.07, 6.45) is 1.61. The molecule has 0 spiro atoms. The van der Waals surface area contributed by atoms with E-state index in [1.54, 1.807) is 0 Å². The van der Waals surface area contributed by atoms with Gasteiger partial charge in [0.2, 0.25) is 0 Å². The van der Waals surface area contributed by atoms with Crippen molar-refractivity contribution in [3.8, 4) is 0 Å². The fourth-order valence-corrected chi connectivity index (χ4v) is 8.21. The second-order valence-electron chi connectivity index (χ2n) is 18.5. The molecule has 0 aliphatic rings. The van der Waals surface area contributed by atoms with Crippen molar-refractivity contribution in [2.75, 3.05) is 114 Å². The predicted octanol–water partition coefficient (Wildman–Crippen LogP) is 0.0975. The Balaban J connectivity index is 0.0000118. The molecular weight excluding hydrogens is 1100 g/mol. The largest absolute Gasteiger partial charge is 0.425 e. The van der Waals surface area contributed by atoms with Crippen molar-refractivity contribution in [3.05, 3.63) is 135 Å². The topological polar surface area (TPSA) is 370 Å². The van der Waals surface area contributed by atoms with Crippen LogP contribution in [0.3, 0.4) is 0 Å². The molecule has 10 N–H and O–H groups in total. The van der Waals surface area contributed by atoms with Crippen molar-refractivity contribution in [1.82, 2.24) is 60.6 Å². The molecule has 0 radical (unpaired) electrons. The average Bonchev–Trinajstić information content (AvgIpc) is 3.51. The van der Waals surface area contributed by atoms with Crippen LogP contribution in [0.15, 0.2) is 67.7 Å². The van der Waals surface area contributed by atoms with E-state index in [1.165, 1.54) is 83.9 Å². The third-order valence-electron chi connectivity index (χ3n) is 12.8. The Kier molecular flexibility index (Phi) is 34.4. The normalized spacial score (nSPS) is 11.3. The van der Waals surface area contributed by atoms with Crippen LogP contribution in [0.25, 0.3) is 0 Å². The first-order valence-corrected chi connectivity index (χ1v) is 26.1. The van der Waals surface area contributed by atoms with Crippen molar-refractivity contribution in [1.29, 1.82) is 0 Å². The smallest absolute Gasteiger partial charge is 0.295 e. The molecule has 1 unspecified atom stereocenters. The summed E-state index contributed by atoms with van der Waals surface area (Å²) in [5, 5.41) is 59.8. The lowest BCUT2D eigenvalue weighted by molar-refractivity contribution is -0.119. The van der Waals surface area contributed by atoms with E-state index in [0.717, 1.165) is 0 Å². The van der Waals surface area contributed by atoms with Gasteiger partial charge in [-0.1, -0.05) is 22.3 Å². The van der Waals surface area contributed by atoms with Gasteiger partial charge in [-0.25, -0.2) is 0 Å². The Morgan fingerprint density at radius 2 is 0.762 bits per heavy atom. The average molecular weight is 1190 g/mol. The van der Waals surface area contributed by atoms with Crippen LogP contribution in [0.2, 0.25) is 0 Å². The predicted molar refractivity (Wildman–Crippen MR) is 311 cm³/mol. The summed E-state index contributed by atoms with van der Waals surface area (Å²) in [6.45, 7) is 4.30. The number of amides is 4. The van der Waals surface area contributed by atoms with E-state index >= 15 is 0 Å². The number of nitrogens with zero attached hydrogens (tertiary/aromatic N) is 6. The van der Waals surface area contributed by atoms with Crippen LogP contribution in [-0.4, -0.2) is 199 Å². The molecule has 0 saturated heterocycles. The first-order chi connectivity index (χ1) is 38.9. The number of rotatable bonds is 38. The van der Waals surface area contributed by atoms with Gasteiger partial charge in [-0.2, -0.15) is 18.9 Å². The summed E-state index contributed by atoms with van der Waals surface area (Å²) in [5.74, 6) is -3.07. The molecule has 470 valence electrons. The number of carbonyl (C=O) groups excluding carboxylic acids is 5. The Morgan fingerprint density at radius 1 is 0.452 bits per heavy atom. The number of methoxy groups -OCH3 is 4. The second kappa shape index (κ2) is 38.9. The zero-order valence-electron chi connectivity index (χ0n) is 46.3. The first-order valence-electron chi connectivity index (χ1n) is 26.1. The van der Waals surface area contributed by atoms with E-state index in [0.29, 0.717) is 64.4 Å². The Labute approximate surface area is 488 Å². The lowest BCUT2D eigenvalue weighted by Gasteiger charge is -2.27. The van der Waals surface area contributed by atoms with Crippen LogP contribution in [0.1, 0.15) is 119 Å². The minimum atomic E-state index is -0.971. The highest BCUT2D eigenvalue weighted by atomic mass is 16.5. The number of hydrogen-bond acceptors (Lipinski definition) is 21. The molecule has 4 aromatic heterocycles. The lowest BCUT2D eigenvalue weighted by Crippen LogP contribution is -2.41. The fourth-order valence-electron chi connectivity index (χ4n) is 8.21. The number of hydrogen-bond donors (Lipinski definition) is 10. The second-order valence-corrected chi connectivity index (χ2v) is 18.5. The highest BCUT2D eigenvalue weighted by molar-refractivity contribution is 5.95. The zero-order chi connectivity index (χ0) is 59.4. The zero-order valence-corrected chi connectivity index (χ0v) is 46.3. The monoisotopic (exact) mass is 1190 g/mol. The van der Waals surface area contributed by atoms with Gasteiger partial charge in [0, 0.05) is 87.3 Å². The molecular formula is C55H88N12O17. The Hall–Kier alpha value is -7.77. The summed E-state index contributed by atoms with van der Waals surface area (Å²) < 4.78 is 21.3. The molecule has 0 aliphatic carbocycles. The standard InChI is InChI=1S/C52H76N12O17.3CH4/c1-35(65)44(58-32-37-10-14-41(50(71)62(37)75)46(67)55-20-28-79-3)17-26-60(34-39-12-16-43(52(73)64(39)77)48(69)57-22-30-81-5)24-7-6-23-59(33-38-11-15-42(51(72)63(38)76)47(68)56-21-29-80-4)25-8-18-53-31-36-9-13-40(49(70)61(36)74)45(66)54-19-27-78-2;;;/h9-16,44,53,58,74-77H,6-8,17-34H2,1-5H3,(H,54,66)(H,55,67)(H,56,68)(H,57,69);3*1H4. The van der Waals surface area contributed by atoms with Gasteiger partial charge in [-0.15, -0.1) is 0 Å². The van der Waals surface area contributed by atoms with E-state index in [9.17, 15) is 64.0 Å². The lowest BCUT2D eigenvalue weighted by atomic mass is 10.1. The van der Waals surface area contributed by atoms with E-state index in [2.05, 4.69) is 31.9 Å². The van der Waals surface area contributed by atoms with Gasteiger partial charge < -0.3 is 71.7 Å². The number of ketones is 1. The van der Waals surface area contributed by atoms with Crippen molar-refractivity contribution in [2.24, 2.45) is 0 Å². The van der Waals surface area contributed by atoms with Gasteiger partial charge in [-0.05, 0) is 107 Å². The molecule has 1 atom stereocenters. The third-order valence-corrected chi connectivity index (χ3v) is 12.8. The van der Waals surface area contributed by atoms with Crippen molar-refractivity contribution >= 4 is 29.4 Å². The van der Waals surface area contributed by atoms with E-state index in [4.69, 9.17) is 18.9 Å². The van der Waals surface area contributed by atoms with Crippen LogP contribution in [0.4, 0.5) is 0 Å². The first kappa shape index (κ1) is 74.2. The number of ether oxygens (including phenoxy) is 4. The maximum Gasteiger partial charge on any atom is 0.295 e. The summed E-state index contributed by atoms with van der Waals surface area (Å²) in [6, 6.07) is 10.1. The van der Waals surface area contributed by atoms with Crippen molar-refractivity contribution in [2.45, 2.75) is 87.1 Å². The Bertz CT molecular complexity index is 2980. The molecule has 29 heteroatoms. The number of carbonyl (C=O) groups is 5. The quantitative estimate of drug-likeness (QED) is 0.0210. The van der Waals surface area contributed by atoms with Crippen LogP contribution in [0, 0.1) is 0 Å².